The van der Waals surface area contributed by atoms with Crippen LogP contribution in [-0.2, 0) is 0 Å². The molecular formula is C15H25N3O2. The number of ether oxygens (including phenoxy) is 1. The van der Waals surface area contributed by atoms with Crippen LogP contribution in [0.15, 0.2) is 18.3 Å². The molecule has 112 valence electrons. The summed E-state index contributed by atoms with van der Waals surface area (Å²) in [5.41, 5.74) is 0. The maximum absolute atomic E-state index is 8.77. The fourth-order valence-corrected chi connectivity index (χ4v) is 2.52. The quantitative estimate of drug-likeness (QED) is 0.764. The lowest BCUT2D eigenvalue weighted by Gasteiger charge is -2.35. The van der Waals surface area contributed by atoms with Gasteiger partial charge in [0.1, 0.15) is 11.6 Å². The third kappa shape index (κ3) is 4.35. The van der Waals surface area contributed by atoms with Crippen LogP contribution < -0.4 is 9.64 Å². The molecule has 2 heterocycles. The Labute approximate surface area is 121 Å². The number of rotatable bonds is 7. The van der Waals surface area contributed by atoms with Gasteiger partial charge in [-0.05, 0) is 31.9 Å². The Bertz CT molecular complexity index is 392. The average molecular weight is 279 g/mol. The first kappa shape index (κ1) is 15.1. The first-order valence-electron chi connectivity index (χ1n) is 7.41. The highest BCUT2D eigenvalue weighted by Gasteiger charge is 2.17. The topological polar surface area (TPSA) is 48.8 Å². The molecule has 0 aliphatic carbocycles. The number of aliphatic hydroxyl groups excluding tert-OH is 1. The number of anilines is 1. The number of aromatic nitrogens is 1. The molecule has 1 saturated heterocycles. The number of pyridine rings is 1. The summed E-state index contributed by atoms with van der Waals surface area (Å²) in [6.07, 6.45) is 5.02. The number of piperazine rings is 1. The minimum atomic E-state index is 0.315. The minimum Gasteiger partial charge on any atom is -0.497 e. The van der Waals surface area contributed by atoms with Gasteiger partial charge in [0, 0.05) is 45.0 Å². The highest BCUT2D eigenvalue weighted by atomic mass is 16.5. The summed E-state index contributed by atoms with van der Waals surface area (Å²) in [6, 6.07) is 3.87. The van der Waals surface area contributed by atoms with Gasteiger partial charge in [-0.15, -0.1) is 0 Å². The van der Waals surface area contributed by atoms with E-state index >= 15 is 0 Å². The maximum atomic E-state index is 8.77. The molecule has 20 heavy (non-hydrogen) atoms. The van der Waals surface area contributed by atoms with Crippen molar-refractivity contribution in [1.82, 2.24) is 9.88 Å². The molecule has 0 unspecified atom stereocenters. The molecule has 5 nitrogen and oxygen atoms in total. The van der Waals surface area contributed by atoms with E-state index in [1.807, 2.05) is 12.1 Å². The molecule has 1 N–H and O–H groups in total. The molecule has 0 bridgehead atoms. The molecule has 0 spiro atoms. The fourth-order valence-electron chi connectivity index (χ4n) is 2.52. The van der Waals surface area contributed by atoms with E-state index in [4.69, 9.17) is 9.84 Å². The third-order valence-corrected chi connectivity index (χ3v) is 3.78. The largest absolute Gasteiger partial charge is 0.497 e. The molecule has 0 radical (unpaired) electrons. The second-order valence-corrected chi connectivity index (χ2v) is 5.17. The van der Waals surface area contributed by atoms with Crippen LogP contribution in [0.3, 0.4) is 0 Å². The van der Waals surface area contributed by atoms with Crippen LogP contribution in [-0.4, -0.2) is 61.4 Å². The monoisotopic (exact) mass is 279 g/mol. The van der Waals surface area contributed by atoms with Gasteiger partial charge in [0.15, 0.2) is 0 Å². The summed E-state index contributed by atoms with van der Waals surface area (Å²) in [7, 11) is 1.68. The molecule has 2 rings (SSSR count). The SMILES string of the molecule is COc1ccnc(N2CCN(CCCCCO)CC2)c1. The summed E-state index contributed by atoms with van der Waals surface area (Å²) in [6.45, 7) is 5.64. The van der Waals surface area contributed by atoms with Gasteiger partial charge in [-0.3, -0.25) is 4.90 Å². The number of nitrogens with zero attached hydrogens (tertiary/aromatic N) is 3. The van der Waals surface area contributed by atoms with Gasteiger partial charge in [-0.25, -0.2) is 4.98 Å². The van der Waals surface area contributed by atoms with Crippen LogP contribution in [0.4, 0.5) is 5.82 Å². The van der Waals surface area contributed by atoms with Gasteiger partial charge in [0.05, 0.1) is 7.11 Å². The maximum Gasteiger partial charge on any atom is 0.132 e. The van der Waals surface area contributed by atoms with Crippen molar-refractivity contribution >= 4 is 5.82 Å². The highest BCUT2D eigenvalue weighted by molar-refractivity contribution is 5.43. The molecule has 1 aromatic heterocycles. The molecule has 1 fully saturated rings. The third-order valence-electron chi connectivity index (χ3n) is 3.78. The van der Waals surface area contributed by atoms with Crippen LogP contribution in [0.25, 0.3) is 0 Å². The Morgan fingerprint density at radius 3 is 2.70 bits per heavy atom. The lowest BCUT2D eigenvalue weighted by Crippen LogP contribution is -2.46. The summed E-state index contributed by atoms with van der Waals surface area (Å²) in [4.78, 5) is 9.23. The zero-order valence-corrected chi connectivity index (χ0v) is 12.3. The lowest BCUT2D eigenvalue weighted by atomic mass is 10.2. The molecule has 5 heteroatoms. The number of hydrogen-bond acceptors (Lipinski definition) is 5. The van der Waals surface area contributed by atoms with Gasteiger partial charge in [-0.2, -0.15) is 0 Å². The molecule has 1 aliphatic rings. The first-order chi connectivity index (χ1) is 9.83. The molecule has 0 atom stereocenters. The zero-order chi connectivity index (χ0) is 14.2. The molecule has 0 amide bonds. The zero-order valence-electron chi connectivity index (χ0n) is 12.3. The van der Waals surface area contributed by atoms with Crippen molar-refractivity contribution < 1.29 is 9.84 Å². The molecule has 1 aromatic rings. The number of unbranched alkanes of at least 4 members (excludes halogenated alkanes) is 2. The number of methoxy groups -OCH3 is 1. The Morgan fingerprint density at radius 1 is 1.20 bits per heavy atom. The lowest BCUT2D eigenvalue weighted by molar-refractivity contribution is 0.242. The Kier molecular flexibility index (Phi) is 6.08. The Balaban J connectivity index is 1.76. The van der Waals surface area contributed by atoms with E-state index < -0.39 is 0 Å². The molecule has 0 aromatic carbocycles. The van der Waals surface area contributed by atoms with E-state index in [-0.39, 0.29) is 0 Å². The Hall–Kier alpha value is -1.33. The second-order valence-electron chi connectivity index (χ2n) is 5.17. The second kappa shape index (κ2) is 8.07. The minimum absolute atomic E-state index is 0.315. The standard InChI is InChI=1S/C15H25N3O2/c1-20-14-5-6-16-15(13-14)18-10-8-17(9-11-18)7-3-2-4-12-19/h5-6,13,19H,2-4,7-12H2,1H3. The molecule has 1 aliphatic heterocycles. The van der Waals surface area contributed by atoms with Crippen LogP contribution in [0.1, 0.15) is 19.3 Å². The van der Waals surface area contributed by atoms with Crippen LogP contribution in [0.2, 0.25) is 0 Å². The summed E-state index contributed by atoms with van der Waals surface area (Å²) >= 11 is 0. The van der Waals surface area contributed by atoms with Crippen molar-refractivity contribution in [2.45, 2.75) is 19.3 Å². The van der Waals surface area contributed by atoms with Crippen molar-refractivity contribution in [3.63, 3.8) is 0 Å². The van der Waals surface area contributed by atoms with E-state index in [0.717, 1.165) is 57.1 Å². The average Bonchev–Trinajstić information content (AvgIpc) is 2.52. The fraction of sp³-hybridized carbons (Fsp3) is 0.667. The van der Waals surface area contributed by atoms with E-state index in [1.165, 1.54) is 6.42 Å². The van der Waals surface area contributed by atoms with E-state index in [2.05, 4.69) is 14.8 Å². The predicted molar refractivity (Wildman–Crippen MR) is 80.4 cm³/mol. The van der Waals surface area contributed by atoms with Crippen molar-refractivity contribution in [2.75, 3.05) is 51.3 Å². The van der Waals surface area contributed by atoms with Gasteiger partial charge >= 0.3 is 0 Å². The van der Waals surface area contributed by atoms with E-state index in [1.54, 1.807) is 13.3 Å². The normalized spacial score (nSPS) is 16.4. The number of hydrogen-bond donors (Lipinski definition) is 1. The molecular weight excluding hydrogens is 254 g/mol. The highest BCUT2D eigenvalue weighted by Crippen LogP contribution is 2.19. The van der Waals surface area contributed by atoms with Crippen molar-refractivity contribution in [2.24, 2.45) is 0 Å². The summed E-state index contributed by atoms with van der Waals surface area (Å²) in [5, 5.41) is 8.77. The Morgan fingerprint density at radius 2 is 2.00 bits per heavy atom. The van der Waals surface area contributed by atoms with Crippen LogP contribution in [0.5, 0.6) is 5.75 Å². The van der Waals surface area contributed by atoms with Gasteiger partial charge < -0.3 is 14.7 Å². The van der Waals surface area contributed by atoms with Crippen molar-refractivity contribution in [3.8, 4) is 5.75 Å². The first-order valence-corrected chi connectivity index (χ1v) is 7.41. The van der Waals surface area contributed by atoms with Crippen LogP contribution >= 0.6 is 0 Å². The van der Waals surface area contributed by atoms with E-state index in [9.17, 15) is 0 Å². The van der Waals surface area contributed by atoms with Gasteiger partial charge in [0.25, 0.3) is 0 Å². The van der Waals surface area contributed by atoms with Crippen molar-refractivity contribution in [1.29, 1.82) is 0 Å². The van der Waals surface area contributed by atoms with Crippen molar-refractivity contribution in [3.05, 3.63) is 18.3 Å². The van der Waals surface area contributed by atoms with Gasteiger partial charge in [-0.1, -0.05) is 0 Å². The predicted octanol–water partition coefficient (Wildman–Crippen LogP) is 1.37. The number of aliphatic hydroxyl groups is 1. The smallest absolute Gasteiger partial charge is 0.132 e. The molecule has 0 saturated carbocycles. The van der Waals surface area contributed by atoms with Crippen LogP contribution in [0, 0.1) is 0 Å². The summed E-state index contributed by atoms with van der Waals surface area (Å²) < 4.78 is 5.25. The van der Waals surface area contributed by atoms with E-state index in [0.29, 0.717) is 6.61 Å². The van der Waals surface area contributed by atoms with Gasteiger partial charge in [0.2, 0.25) is 0 Å². The summed E-state index contributed by atoms with van der Waals surface area (Å²) in [5.74, 6) is 1.87.